The van der Waals surface area contributed by atoms with E-state index in [2.05, 4.69) is 5.32 Å². The van der Waals surface area contributed by atoms with Crippen molar-refractivity contribution in [2.45, 2.75) is 6.92 Å². The summed E-state index contributed by atoms with van der Waals surface area (Å²) in [6.45, 7) is 1.75. The molecule has 1 fully saturated rings. The highest BCUT2D eigenvalue weighted by Crippen LogP contribution is 2.31. The van der Waals surface area contributed by atoms with Gasteiger partial charge in [0.15, 0.2) is 0 Å². The molecule has 0 spiro atoms. The van der Waals surface area contributed by atoms with Crippen molar-refractivity contribution in [2.75, 3.05) is 0 Å². The molecule has 0 aromatic carbocycles. The Kier molecular flexibility index (Phi) is 2.17. The lowest BCUT2D eigenvalue weighted by Gasteiger charge is -1.97. The third-order valence-electron chi connectivity index (χ3n) is 1.85. The number of thioether (sulfide) groups is 1. The number of carbonyl (C=O) groups excluding carboxylic acids is 2. The third-order valence-corrected chi connectivity index (χ3v) is 2.83. The Morgan fingerprint density at radius 3 is 2.79 bits per heavy atom. The van der Waals surface area contributed by atoms with Crippen LogP contribution in [-0.4, -0.2) is 11.1 Å². The number of carbonyl (C=O) groups is 2. The van der Waals surface area contributed by atoms with Crippen LogP contribution in [0.25, 0.3) is 5.57 Å². The molecule has 14 heavy (non-hydrogen) atoms. The van der Waals surface area contributed by atoms with Crippen LogP contribution in [0.3, 0.4) is 0 Å². The highest BCUT2D eigenvalue weighted by atomic mass is 32.2. The van der Waals surface area contributed by atoms with Gasteiger partial charge in [0.05, 0.1) is 11.2 Å². The van der Waals surface area contributed by atoms with Crippen LogP contribution in [0.15, 0.2) is 27.7 Å². The van der Waals surface area contributed by atoms with Crippen LogP contribution in [0.2, 0.25) is 0 Å². The summed E-state index contributed by atoms with van der Waals surface area (Å²) in [7, 11) is 0. The lowest BCUT2D eigenvalue weighted by atomic mass is 10.2. The number of amides is 2. The van der Waals surface area contributed by atoms with E-state index in [1.165, 1.54) is 6.26 Å². The molecule has 0 radical (unpaired) electrons. The zero-order chi connectivity index (χ0) is 10.1. The molecule has 0 unspecified atom stereocenters. The van der Waals surface area contributed by atoms with Gasteiger partial charge in [0, 0.05) is 5.57 Å². The fourth-order valence-corrected chi connectivity index (χ4v) is 1.89. The van der Waals surface area contributed by atoms with Gasteiger partial charge in [0.1, 0.15) is 5.76 Å². The van der Waals surface area contributed by atoms with Crippen LogP contribution in [0, 0.1) is 0 Å². The molecule has 1 aliphatic rings. The van der Waals surface area contributed by atoms with Gasteiger partial charge in [-0.05, 0) is 30.8 Å². The highest BCUT2D eigenvalue weighted by Gasteiger charge is 2.28. The normalized spacial score (nSPS) is 19.8. The van der Waals surface area contributed by atoms with Crippen LogP contribution < -0.4 is 5.32 Å². The number of imide groups is 1. The van der Waals surface area contributed by atoms with Gasteiger partial charge in [-0.3, -0.25) is 14.9 Å². The van der Waals surface area contributed by atoms with Crippen molar-refractivity contribution in [3.8, 4) is 0 Å². The predicted molar refractivity (Wildman–Crippen MR) is 52.4 cm³/mol. The van der Waals surface area contributed by atoms with E-state index in [9.17, 15) is 9.59 Å². The minimum Gasteiger partial charge on any atom is -0.465 e. The van der Waals surface area contributed by atoms with E-state index in [0.29, 0.717) is 16.2 Å². The lowest BCUT2D eigenvalue weighted by Crippen LogP contribution is -2.18. The minimum absolute atomic E-state index is 0.337. The highest BCUT2D eigenvalue weighted by molar-refractivity contribution is 8.18. The van der Waals surface area contributed by atoms with Gasteiger partial charge in [-0.25, -0.2) is 0 Å². The summed E-state index contributed by atoms with van der Waals surface area (Å²) in [4.78, 5) is 22.6. The molecule has 0 bridgehead atoms. The number of nitrogens with one attached hydrogen (secondary N) is 1. The first-order valence-corrected chi connectivity index (χ1v) is 4.78. The SMILES string of the molecule is C/C(=C1/SC(=O)NC1=O)c1ccco1. The standard InChI is InChI=1S/C9H7NO3S/c1-5(6-3-2-4-13-6)7-8(11)10-9(12)14-7/h2-4H,1H3,(H,10,11,12)/b7-5-. The molecule has 0 aliphatic carbocycles. The van der Waals surface area contributed by atoms with Crippen LogP contribution in [0.5, 0.6) is 0 Å². The fourth-order valence-electron chi connectivity index (χ4n) is 1.16. The van der Waals surface area contributed by atoms with Gasteiger partial charge >= 0.3 is 0 Å². The van der Waals surface area contributed by atoms with Crippen molar-refractivity contribution >= 4 is 28.5 Å². The Hall–Kier alpha value is -1.49. The van der Waals surface area contributed by atoms with Gasteiger partial charge in [-0.1, -0.05) is 0 Å². The number of hydrogen-bond acceptors (Lipinski definition) is 4. The van der Waals surface area contributed by atoms with Crippen molar-refractivity contribution in [1.82, 2.24) is 5.32 Å². The second kappa shape index (κ2) is 3.34. The van der Waals surface area contributed by atoms with E-state index in [1.54, 1.807) is 19.1 Å². The molecule has 1 N–H and O–H groups in total. The van der Waals surface area contributed by atoms with E-state index < -0.39 is 0 Å². The molecule has 72 valence electrons. The van der Waals surface area contributed by atoms with E-state index in [1.807, 2.05) is 0 Å². The molecule has 0 saturated carbocycles. The molecule has 1 saturated heterocycles. The van der Waals surface area contributed by atoms with E-state index in [0.717, 1.165) is 11.8 Å². The largest absolute Gasteiger partial charge is 0.465 e. The molecular weight excluding hydrogens is 202 g/mol. The Morgan fingerprint density at radius 2 is 2.29 bits per heavy atom. The van der Waals surface area contributed by atoms with Crippen LogP contribution in [-0.2, 0) is 4.79 Å². The molecule has 2 amide bonds. The van der Waals surface area contributed by atoms with E-state index in [4.69, 9.17) is 4.42 Å². The quantitative estimate of drug-likeness (QED) is 0.718. The van der Waals surface area contributed by atoms with Crippen LogP contribution in [0.1, 0.15) is 12.7 Å². The first-order chi connectivity index (χ1) is 6.68. The third kappa shape index (κ3) is 1.46. The number of hydrogen-bond donors (Lipinski definition) is 1. The maximum absolute atomic E-state index is 11.3. The van der Waals surface area contributed by atoms with Crippen LogP contribution in [0.4, 0.5) is 4.79 Å². The second-order valence-electron chi connectivity index (χ2n) is 2.78. The zero-order valence-corrected chi connectivity index (χ0v) is 8.18. The summed E-state index contributed by atoms with van der Waals surface area (Å²) in [6.07, 6.45) is 1.53. The summed E-state index contributed by atoms with van der Waals surface area (Å²) in [6, 6.07) is 3.48. The molecule has 2 rings (SSSR count). The summed E-state index contributed by atoms with van der Waals surface area (Å²) in [5.74, 6) is 0.256. The Balaban J connectivity index is 2.41. The van der Waals surface area contributed by atoms with Gasteiger partial charge in [0.2, 0.25) is 0 Å². The molecular formula is C9H7NO3S. The van der Waals surface area contributed by atoms with Crippen molar-refractivity contribution < 1.29 is 14.0 Å². The Bertz CT molecular complexity index is 419. The van der Waals surface area contributed by atoms with Crippen molar-refractivity contribution in [3.63, 3.8) is 0 Å². The van der Waals surface area contributed by atoms with E-state index in [-0.39, 0.29) is 11.1 Å². The summed E-state index contributed by atoms with van der Waals surface area (Å²) < 4.78 is 5.13. The molecule has 1 aromatic heterocycles. The van der Waals surface area contributed by atoms with Gasteiger partial charge < -0.3 is 4.42 Å². The molecule has 2 heterocycles. The average Bonchev–Trinajstić information content (AvgIpc) is 2.73. The van der Waals surface area contributed by atoms with Crippen molar-refractivity contribution in [3.05, 3.63) is 29.1 Å². The summed E-state index contributed by atoms with van der Waals surface area (Å²) in [5, 5.41) is 1.86. The maximum atomic E-state index is 11.3. The maximum Gasteiger partial charge on any atom is 0.290 e. The Morgan fingerprint density at radius 1 is 1.50 bits per heavy atom. The molecule has 4 nitrogen and oxygen atoms in total. The molecule has 1 aromatic rings. The monoisotopic (exact) mass is 209 g/mol. The minimum atomic E-state index is -0.353. The molecule has 5 heteroatoms. The fraction of sp³-hybridized carbons (Fsp3) is 0.111. The lowest BCUT2D eigenvalue weighted by molar-refractivity contribution is -0.115. The molecule has 0 atom stereocenters. The van der Waals surface area contributed by atoms with Crippen molar-refractivity contribution in [2.24, 2.45) is 0 Å². The average molecular weight is 209 g/mol. The first-order valence-electron chi connectivity index (χ1n) is 3.96. The first kappa shape index (κ1) is 9.08. The van der Waals surface area contributed by atoms with Crippen molar-refractivity contribution in [1.29, 1.82) is 0 Å². The summed E-state index contributed by atoms with van der Waals surface area (Å²) in [5.41, 5.74) is 0.684. The van der Waals surface area contributed by atoms with E-state index >= 15 is 0 Å². The summed E-state index contributed by atoms with van der Waals surface area (Å²) >= 11 is 0.900. The zero-order valence-electron chi connectivity index (χ0n) is 7.37. The number of furan rings is 1. The topological polar surface area (TPSA) is 59.3 Å². The number of rotatable bonds is 1. The van der Waals surface area contributed by atoms with Gasteiger partial charge in [0.25, 0.3) is 11.1 Å². The Labute approximate surface area is 84.4 Å². The van der Waals surface area contributed by atoms with Crippen LogP contribution >= 0.6 is 11.8 Å². The smallest absolute Gasteiger partial charge is 0.290 e. The molecule has 1 aliphatic heterocycles. The van der Waals surface area contributed by atoms with Gasteiger partial charge in [-0.15, -0.1) is 0 Å². The van der Waals surface area contributed by atoms with Gasteiger partial charge in [-0.2, -0.15) is 0 Å². The predicted octanol–water partition coefficient (Wildman–Crippen LogP) is 1.99. The number of allylic oxidation sites excluding steroid dienone is 1. The second-order valence-corrected chi connectivity index (χ2v) is 3.76.